The molecule has 1 N–H and O–H groups in total. The van der Waals surface area contributed by atoms with Gasteiger partial charge in [-0.3, -0.25) is 4.55 Å². The maximum absolute atomic E-state index is 9.96. The minimum Gasteiger partial charge on any atom is -0.264 e. The molecule has 0 spiro atoms. The van der Waals surface area contributed by atoms with E-state index in [0.29, 0.717) is 0 Å². The van der Waals surface area contributed by atoms with Gasteiger partial charge in [0.2, 0.25) is 0 Å². The van der Waals surface area contributed by atoms with E-state index in [9.17, 15) is 8.42 Å². The number of halogens is 2. The van der Waals surface area contributed by atoms with E-state index < -0.39 is 21.3 Å². The topological polar surface area (TPSA) is 63.6 Å². The summed E-state index contributed by atoms with van der Waals surface area (Å²) in [6.45, 7) is 1.32. The van der Waals surface area contributed by atoms with E-state index in [1.165, 1.54) is 6.92 Å². The van der Waals surface area contributed by atoms with Crippen LogP contribution in [0, 0.1) is 0 Å². The first-order valence-electron chi connectivity index (χ1n) is 2.27. The van der Waals surface area contributed by atoms with E-state index in [2.05, 4.69) is 4.18 Å². The number of hydrogen-bond donors (Lipinski definition) is 1. The Hall–Kier alpha value is 0.450. The Balaban J connectivity index is 3.93. The second-order valence-electron chi connectivity index (χ2n) is 1.56. The molecule has 0 aromatic carbocycles. The molecule has 7 heteroatoms. The monoisotopic (exact) mass is 208 g/mol. The van der Waals surface area contributed by atoms with Crippen LogP contribution in [0.2, 0.25) is 0 Å². The SMILES string of the molecule is CC(OS(=O)(=O)O)C(Cl)Cl. The number of hydrogen-bond acceptors (Lipinski definition) is 3. The molecule has 0 aromatic heterocycles. The molecule has 0 heterocycles. The van der Waals surface area contributed by atoms with Crippen molar-refractivity contribution in [1.82, 2.24) is 0 Å². The Morgan fingerprint density at radius 2 is 1.90 bits per heavy atom. The minimum atomic E-state index is -4.44. The van der Waals surface area contributed by atoms with Crippen molar-refractivity contribution in [3.05, 3.63) is 0 Å². The molecule has 0 saturated carbocycles. The highest BCUT2D eigenvalue weighted by atomic mass is 35.5. The lowest BCUT2D eigenvalue weighted by Crippen LogP contribution is -2.20. The normalized spacial score (nSPS) is 15.7. The van der Waals surface area contributed by atoms with Gasteiger partial charge in [0.05, 0.1) is 0 Å². The Bertz CT molecular complexity index is 187. The quantitative estimate of drug-likeness (QED) is 0.556. The lowest BCUT2D eigenvalue weighted by molar-refractivity contribution is 0.209. The van der Waals surface area contributed by atoms with Crippen LogP contribution >= 0.6 is 23.2 Å². The predicted molar refractivity (Wildman–Crippen MR) is 37.6 cm³/mol. The maximum Gasteiger partial charge on any atom is 0.397 e. The highest BCUT2D eigenvalue weighted by molar-refractivity contribution is 7.80. The van der Waals surface area contributed by atoms with Crippen LogP contribution in [-0.2, 0) is 14.6 Å². The standard InChI is InChI=1S/C3H6Cl2O4S/c1-2(3(4)5)9-10(6,7)8/h2-3H,1H3,(H,6,7,8). The highest BCUT2D eigenvalue weighted by Gasteiger charge is 2.18. The van der Waals surface area contributed by atoms with Crippen molar-refractivity contribution in [2.45, 2.75) is 17.9 Å². The molecule has 0 aliphatic heterocycles. The van der Waals surface area contributed by atoms with Crippen LogP contribution < -0.4 is 0 Å². The van der Waals surface area contributed by atoms with Gasteiger partial charge < -0.3 is 0 Å². The lowest BCUT2D eigenvalue weighted by Gasteiger charge is -2.08. The van der Waals surface area contributed by atoms with Crippen molar-refractivity contribution in [3.63, 3.8) is 0 Å². The van der Waals surface area contributed by atoms with Crippen LogP contribution in [0.15, 0.2) is 0 Å². The first-order valence-corrected chi connectivity index (χ1v) is 4.50. The predicted octanol–water partition coefficient (Wildman–Crippen LogP) is 0.998. The maximum atomic E-state index is 9.96. The van der Waals surface area contributed by atoms with Gasteiger partial charge in [-0.25, -0.2) is 4.18 Å². The fourth-order valence-corrected chi connectivity index (χ4v) is 0.953. The van der Waals surface area contributed by atoms with E-state index in [4.69, 9.17) is 27.8 Å². The first-order chi connectivity index (χ1) is 4.33. The largest absolute Gasteiger partial charge is 0.397 e. The molecule has 0 aliphatic rings. The summed E-state index contributed by atoms with van der Waals surface area (Å²) in [6, 6.07) is 0. The van der Waals surface area contributed by atoms with Gasteiger partial charge in [0.1, 0.15) is 10.9 Å². The summed E-state index contributed by atoms with van der Waals surface area (Å²) in [5.41, 5.74) is 0. The molecule has 0 aliphatic carbocycles. The Kier molecular flexibility index (Phi) is 3.90. The third-order valence-electron chi connectivity index (χ3n) is 0.628. The molecule has 10 heavy (non-hydrogen) atoms. The first kappa shape index (κ1) is 10.4. The molecule has 4 nitrogen and oxygen atoms in total. The zero-order chi connectivity index (χ0) is 8.36. The van der Waals surface area contributed by atoms with Crippen molar-refractivity contribution < 1.29 is 17.2 Å². The summed E-state index contributed by atoms with van der Waals surface area (Å²) in [6.07, 6.45) is -0.946. The van der Waals surface area contributed by atoms with Crippen molar-refractivity contribution >= 4 is 33.6 Å². The van der Waals surface area contributed by atoms with Gasteiger partial charge >= 0.3 is 10.4 Å². The summed E-state index contributed by atoms with van der Waals surface area (Å²) in [7, 11) is -4.44. The van der Waals surface area contributed by atoms with Crippen molar-refractivity contribution in [3.8, 4) is 0 Å². The van der Waals surface area contributed by atoms with Gasteiger partial charge in [0, 0.05) is 0 Å². The number of alkyl halides is 2. The van der Waals surface area contributed by atoms with Crippen LogP contribution in [0.1, 0.15) is 6.92 Å². The molecule has 0 amide bonds. The Morgan fingerprint density at radius 3 is 2.00 bits per heavy atom. The molecular weight excluding hydrogens is 203 g/mol. The summed E-state index contributed by atoms with van der Waals surface area (Å²) in [5, 5.41) is 0. The molecule has 1 unspecified atom stereocenters. The summed E-state index contributed by atoms with van der Waals surface area (Å²) in [4.78, 5) is -0.984. The smallest absolute Gasteiger partial charge is 0.264 e. The molecule has 0 aromatic rings. The Labute approximate surface area is 69.0 Å². The summed E-state index contributed by atoms with van der Waals surface area (Å²) in [5.74, 6) is 0. The van der Waals surface area contributed by atoms with Crippen molar-refractivity contribution in [2.24, 2.45) is 0 Å². The van der Waals surface area contributed by atoms with Gasteiger partial charge in [-0.15, -0.1) is 23.2 Å². The molecule has 0 radical (unpaired) electrons. The summed E-state index contributed by atoms with van der Waals surface area (Å²) < 4.78 is 32.0. The van der Waals surface area contributed by atoms with Gasteiger partial charge in [-0.1, -0.05) is 0 Å². The zero-order valence-electron chi connectivity index (χ0n) is 4.99. The van der Waals surface area contributed by atoms with Crippen LogP contribution in [-0.4, -0.2) is 23.9 Å². The molecule has 0 bridgehead atoms. The van der Waals surface area contributed by atoms with E-state index in [1.54, 1.807) is 0 Å². The van der Waals surface area contributed by atoms with Crippen molar-refractivity contribution in [1.29, 1.82) is 0 Å². The van der Waals surface area contributed by atoms with Crippen LogP contribution in [0.5, 0.6) is 0 Å². The molecule has 1 atom stereocenters. The highest BCUT2D eigenvalue weighted by Crippen LogP contribution is 2.12. The van der Waals surface area contributed by atoms with Gasteiger partial charge in [0.15, 0.2) is 0 Å². The molecule has 62 valence electrons. The Morgan fingerprint density at radius 1 is 1.50 bits per heavy atom. The van der Waals surface area contributed by atoms with Crippen LogP contribution in [0.4, 0.5) is 0 Å². The van der Waals surface area contributed by atoms with E-state index >= 15 is 0 Å². The van der Waals surface area contributed by atoms with Crippen molar-refractivity contribution in [2.75, 3.05) is 0 Å². The van der Waals surface area contributed by atoms with Crippen LogP contribution in [0.3, 0.4) is 0 Å². The number of rotatable bonds is 3. The average molecular weight is 209 g/mol. The third-order valence-corrected chi connectivity index (χ3v) is 1.88. The minimum absolute atomic E-state index is 0.946. The zero-order valence-corrected chi connectivity index (χ0v) is 7.32. The van der Waals surface area contributed by atoms with Gasteiger partial charge in [-0.05, 0) is 6.92 Å². The second-order valence-corrected chi connectivity index (χ2v) is 3.78. The molecule has 0 rings (SSSR count). The summed E-state index contributed by atoms with van der Waals surface area (Å²) >= 11 is 10.4. The van der Waals surface area contributed by atoms with E-state index in [0.717, 1.165) is 0 Å². The van der Waals surface area contributed by atoms with E-state index in [-0.39, 0.29) is 0 Å². The molecular formula is C3H6Cl2O4S. The lowest BCUT2D eigenvalue weighted by atomic mass is 10.5. The third kappa shape index (κ3) is 5.25. The fraction of sp³-hybridized carbons (Fsp3) is 1.00. The molecule has 0 fully saturated rings. The molecule has 0 saturated heterocycles. The fourth-order valence-electron chi connectivity index (χ4n) is 0.234. The van der Waals surface area contributed by atoms with E-state index in [1.807, 2.05) is 0 Å². The average Bonchev–Trinajstić information content (AvgIpc) is 1.60. The van der Waals surface area contributed by atoms with Gasteiger partial charge in [-0.2, -0.15) is 8.42 Å². The second kappa shape index (κ2) is 3.73. The van der Waals surface area contributed by atoms with Crippen LogP contribution in [0.25, 0.3) is 0 Å². The van der Waals surface area contributed by atoms with Gasteiger partial charge in [0.25, 0.3) is 0 Å².